The lowest BCUT2D eigenvalue weighted by atomic mass is 9.71. The number of benzene rings is 2. The van der Waals surface area contributed by atoms with Gasteiger partial charge in [0.2, 0.25) is 0 Å². The fourth-order valence-electron chi connectivity index (χ4n) is 5.71. The molecule has 0 saturated carbocycles. The van der Waals surface area contributed by atoms with Gasteiger partial charge in [-0.3, -0.25) is 9.59 Å². The average Bonchev–Trinajstić information content (AvgIpc) is 2.80. The van der Waals surface area contributed by atoms with E-state index >= 15 is 0 Å². The number of carbonyl (C=O) groups excluding carboxylic acids is 2. The number of aryl methyl sites for hydroxylation is 4. The predicted molar refractivity (Wildman–Crippen MR) is 132 cm³/mol. The second kappa shape index (κ2) is 9.61. The molecule has 2 aromatic rings. The summed E-state index contributed by atoms with van der Waals surface area (Å²) in [7, 11) is 0. The molecular weight excluding hydrogens is 424 g/mol. The summed E-state index contributed by atoms with van der Waals surface area (Å²) in [5, 5.41) is 0. The van der Waals surface area contributed by atoms with Crippen molar-refractivity contribution >= 4 is 11.9 Å². The lowest BCUT2D eigenvalue weighted by Crippen LogP contribution is -2.31. The summed E-state index contributed by atoms with van der Waals surface area (Å²) in [6, 6.07) is 13.9. The highest BCUT2D eigenvalue weighted by atomic mass is 16.5. The van der Waals surface area contributed by atoms with Crippen molar-refractivity contribution in [2.24, 2.45) is 11.8 Å². The summed E-state index contributed by atoms with van der Waals surface area (Å²) in [4.78, 5) is 25.8. The summed E-state index contributed by atoms with van der Waals surface area (Å²) in [6.45, 7) is 4.12. The van der Waals surface area contributed by atoms with E-state index in [4.69, 9.17) is 9.47 Å². The number of ether oxygens (including phenoxy) is 2. The molecule has 0 radical (unpaired) electrons. The molecule has 0 aliphatic heterocycles. The Bertz CT molecular complexity index is 1070. The van der Waals surface area contributed by atoms with Crippen LogP contribution in [0.2, 0.25) is 0 Å². The molecule has 3 aliphatic rings. The highest BCUT2D eigenvalue weighted by molar-refractivity contribution is 5.85. The van der Waals surface area contributed by atoms with Crippen LogP contribution >= 0.6 is 0 Å². The van der Waals surface area contributed by atoms with Gasteiger partial charge in [-0.2, -0.15) is 0 Å². The van der Waals surface area contributed by atoms with Gasteiger partial charge in [-0.1, -0.05) is 60.7 Å². The van der Waals surface area contributed by atoms with Crippen molar-refractivity contribution in [3.05, 3.63) is 94.1 Å². The molecule has 4 bridgehead atoms. The Balaban J connectivity index is 1.69. The number of esters is 2. The smallest absolute Gasteiger partial charge is 0.313 e. The minimum absolute atomic E-state index is 0.0821. The van der Waals surface area contributed by atoms with E-state index in [-0.39, 0.29) is 37.0 Å². The minimum atomic E-state index is -0.702. The predicted octanol–water partition coefficient (Wildman–Crippen LogP) is 5.24. The van der Waals surface area contributed by atoms with E-state index in [0.29, 0.717) is 0 Å². The molecule has 2 aromatic carbocycles. The minimum Gasteiger partial charge on any atom is -0.466 e. The summed E-state index contributed by atoms with van der Waals surface area (Å²) in [5.41, 5.74) is 8.08. The molecule has 0 heterocycles. The molecule has 0 N–H and O–H groups in total. The van der Waals surface area contributed by atoms with Gasteiger partial charge in [0.05, 0.1) is 25.0 Å². The first-order chi connectivity index (χ1) is 16.6. The zero-order chi connectivity index (χ0) is 23.7. The van der Waals surface area contributed by atoms with Crippen molar-refractivity contribution in [1.29, 1.82) is 0 Å². The highest BCUT2D eigenvalue weighted by Crippen LogP contribution is 2.44. The number of carbonyl (C=O) groups is 2. The molecule has 0 spiro atoms. The van der Waals surface area contributed by atoms with Crippen molar-refractivity contribution in [2.75, 3.05) is 13.2 Å². The van der Waals surface area contributed by atoms with Crippen molar-refractivity contribution in [1.82, 2.24) is 0 Å². The third kappa shape index (κ3) is 4.22. The zero-order valence-corrected chi connectivity index (χ0v) is 20.0. The molecule has 176 valence electrons. The van der Waals surface area contributed by atoms with Crippen molar-refractivity contribution in [2.45, 2.75) is 51.4 Å². The van der Waals surface area contributed by atoms with Crippen LogP contribution < -0.4 is 0 Å². The van der Waals surface area contributed by atoms with Crippen LogP contribution in [0.4, 0.5) is 0 Å². The largest absolute Gasteiger partial charge is 0.466 e. The van der Waals surface area contributed by atoms with Gasteiger partial charge in [-0.25, -0.2) is 0 Å². The third-order valence-electron chi connectivity index (χ3n) is 7.45. The van der Waals surface area contributed by atoms with Gasteiger partial charge in [-0.15, -0.1) is 0 Å². The summed E-state index contributed by atoms with van der Waals surface area (Å²) < 4.78 is 10.7. The van der Waals surface area contributed by atoms with E-state index in [2.05, 4.69) is 48.6 Å². The fourth-order valence-corrected chi connectivity index (χ4v) is 5.71. The maximum absolute atomic E-state index is 12.9. The molecular formula is C30H32O4. The Morgan fingerprint density at radius 1 is 0.676 bits per heavy atom. The molecule has 5 rings (SSSR count). The molecule has 0 fully saturated rings. The number of hydrogen-bond acceptors (Lipinski definition) is 4. The van der Waals surface area contributed by atoms with Crippen molar-refractivity contribution in [3.8, 4) is 0 Å². The topological polar surface area (TPSA) is 52.6 Å². The molecule has 0 amide bonds. The number of hydrogen-bond donors (Lipinski definition) is 0. The van der Waals surface area contributed by atoms with Gasteiger partial charge in [0.25, 0.3) is 0 Å². The number of fused-ring (bicyclic) bond motifs is 2. The van der Waals surface area contributed by atoms with E-state index < -0.39 is 11.8 Å². The van der Waals surface area contributed by atoms with E-state index in [9.17, 15) is 9.59 Å². The molecule has 3 aliphatic carbocycles. The lowest BCUT2D eigenvalue weighted by molar-refractivity contribution is -0.156. The fraction of sp³-hybridized carbons (Fsp3) is 0.400. The van der Waals surface area contributed by atoms with Crippen LogP contribution in [-0.4, -0.2) is 25.2 Å². The quantitative estimate of drug-likeness (QED) is 0.467. The van der Waals surface area contributed by atoms with Crippen LogP contribution in [0.15, 0.2) is 60.7 Å². The van der Waals surface area contributed by atoms with E-state index in [1.54, 1.807) is 13.8 Å². The van der Waals surface area contributed by atoms with Crippen molar-refractivity contribution in [3.63, 3.8) is 0 Å². The van der Waals surface area contributed by atoms with E-state index in [1.807, 2.05) is 12.2 Å². The van der Waals surface area contributed by atoms with Gasteiger partial charge in [-0.05, 0) is 72.9 Å². The number of allylic oxidation sites excluding steroid dienone is 2. The second-order valence-electron chi connectivity index (χ2n) is 9.44. The number of rotatable bonds is 4. The van der Waals surface area contributed by atoms with Crippen LogP contribution in [0.25, 0.3) is 0 Å². The normalized spacial score (nSPS) is 26.4. The Hall–Kier alpha value is -3.14. The molecule has 0 unspecified atom stereocenters. The van der Waals surface area contributed by atoms with E-state index in [0.717, 1.165) is 25.7 Å². The van der Waals surface area contributed by atoms with Crippen LogP contribution in [-0.2, 0) is 44.7 Å². The Labute approximate surface area is 201 Å². The molecule has 0 aromatic heterocycles. The first-order valence-corrected chi connectivity index (χ1v) is 12.5. The Morgan fingerprint density at radius 3 is 1.53 bits per heavy atom. The SMILES string of the molecule is CCOC(=O)[C@H]1/C=C\[C@@H]2c3cc4ccc3CCc3ccc(cc3[C@@H]2/C=C\[C@H]1C(=O)OCC)CC4. The first kappa shape index (κ1) is 22.6. The molecule has 4 heteroatoms. The molecule has 4 atom stereocenters. The first-order valence-electron chi connectivity index (χ1n) is 12.5. The van der Waals surface area contributed by atoms with E-state index in [1.165, 1.54) is 33.4 Å². The van der Waals surface area contributed by atoms with Gasteiger partial charge in [0.15, 0.2) is 0 Å². The maximum atomic E-state index is 12.9. The molecule has 4 nitrogen and oxygen atoms in total. The summed E-state index contributed by atoms with van der Waals surface area (Å²) >= 11 is 0. The summed E-state index contributed by atoms with van der Waals surface area (Å²) in [5.74, 6) is -2.01. The highest BCUT2D eigenvalue weighted by Gasteiger charge is 2.36. The Morgan fingerprint density at radius 2 is 1.12 bits per heavy atom. The molecule has 0 saturated heterocycles. The second-order valence-corrected chi connectivity index (χ2v) is 9.44. The van der Waals surface area contributed by atoms with Gasteiger partial charge in [0.1, 0.15) is 0 Å². The van der Waals surface area contributed by atoms with Crippen LogP contribution in [0.5, 0.6) is 0 Å². The Kier molecular flexibility index (Phi) is 6.40. The van der Waals surface area contributed by atoms with Gasteiger partial charge < -0.3 is 9.47 Å². The van der Waals surface area contributed by atoms with Crippen LogP contribution in [0, 0.1) is 11.8 Å². The van der Waals surface area contributed by atoms with Gasteiger partial charge in [0, 0.05) is 11.8 Å². The standard InChI is InChI=1S/C30H32O4/c1-3-33-29(31)25-15-13-23-24(14-16-26(25)30(32)34-4-2)28-18-20-6-5-19-7-9-21(27(23)17-19)11-12-22(28)10-8-20/h7-10,13-18,23-26H,3-6,11-12H2,1-2H3/b15-13-,16-14-/t23-,24+,25-,26+. The third-order valence-corrected chi connectivity index (χ3v) is 7.45. The van der Waals surface area contributed by atoms with Crippen LogP contribution in [0.1, 0.15) is 59.1 Å². The zero-order valence-electron chi connectivity index (χ0n) is 20.0. The summed E-state index contributed by atoms with van der Waals surface area (Å²) in [6.07, 6.45) is 12.1. The average molecular weight is 457 g/mol. The monoisotopic (exact) mass is 456 g/mol. The van der Waals surface area contributed by atoms with Crippen molar-refractivity contribution < 1.29 is 19.1 Å². The van der Waals surface area contributed by atoms with Crippen LogP contribution in [0.3, 0.4) is 0 Å². The maximum Gasteiger partial charge on any atom is 0.313 e. The molecule has 34 heavy (non-hydrogen) atoms. The lowest BCUT2D eigenvalue weighted by Gasteiger charge is -2.33. The van der Waals surface area contributed by atoms with Gasteiger partial charge >= 0.3 is 11.9 Å².